The number of aliphatic hydroxyl groups excluding tert-OH is 12. The van der Waals surface area contributed by atoms with Gasteiger partial charge in [-0.3, -0.25) is 13.6 Å². The lowest BCUT2D eigenvalue weighted by atomic mass is 10.1. The number of rotatable bonds is 12. The Bertz CT molecular complexity index is 617. The summed E-state index contributed by atoms with van der Waals surface area (Å²) in [6.07, 6.45) is -25.6. The molecule has 3 rings (SSSR count). The normalized spacial score (nSPS) is 45.7. The van der Waals surface area contributed by atoms with Gasteiger partial charge in [-0.2, -0.15) is 0 Å². The Morgan fingerprint density at radius 3 is 0.946 bits per heavy atom. The highest BCUT2D eigenvalue weighted by Gasteiger charge is 2.53. The first-order valence-corrected chi connectivity index (χ1v) is 12.3. The molecule has 3 unspecified atom stereocenters. The van der Waals surface area contributed by atoms with E-state index in [2.05, 4.69) is 0 Å². The molecule has 3 saturated heterocycles. The van der Waals surface area contributed by atoms with E-state index in [1.807, 2.05) is 0 Å². The van der Waals surface area contributed by atoms with Crippen LogP contribution < -0.4 is 0 Å². The first-order valence-electron chi connectivity index (χ1n) is 11.2. The minimum atomic E-state index is -2.98. The molecule has 0 aromatic rings. The zero-order valence-electron chi connectivity index (χ0n) is 19.0. The van der Waals surface area contributed by atoms with Crippen molar-refractivity contribution in [1.29, 1.82) is 0 Å². The fourth-order valence-corrected chi connectivity index (χ4v) is 5.05. The van der Waals surface area contributed by atoms with Crippen molar-refractivity contribution in [2.24, 2.45) is 0 Å². The van der Waals surface area contributed by atoms with Crippen LogP contribution in [0.4, 0.5) is 0 Å². The fourth-order valence-electron chi connectivity index (χ4n) is 3.87. The molecule has 19 heteroatoms. The van der Waals surface area contributed by atoms with Gasteiger partial charge in [0.25, 0.3) is 0 Å². The van der Waals surface area contributed by atoms with Crippen LogP contribution in [0, 0.1) is 0 Å². The van der Waals surface area contributed by atoms with Gasteiger partial charge in [-0.15, -0.1) is 0 Å². The third kappa shape index (κ3) is 6.72. The van der Waals surface area contributed by atoms with Gasteiger partial charge < -0.3 is 75.5 Å². The van der Waals surface area contributed by atoms with Gasteiger partial charge in [0, 0.05) is 0 Å². The smallest absolute Gasteiger partial charge is 0.340 e. The van der Waals surface area contributed by atoms with Crippen molar-refractivity contribution in [3.05, 3.63) is 0 Å². The molecule has 3 aliphatic rings. The van der Waals surface area contributed by atoms with E-state index in [-0.39, 0.29) is 0 Å². The Balaban J connectivity index is 1.77. The molecule has 3 aliphatic heterocycles. The molecule has 0 amide bonds. The van der Waals surface area contributed by atoms with Gasteiger partial charge in [-0.25, -0.2) is 0 Å². The van der Waals surface area contributed by atoms with E-state index in [9.17, 15) is 46.0 Å². The van der Waals surface area contributed by atoms with Crippen LogP contribution in [0.1, 0.15) is 0 Å². The maximum absolute atomic E-state index is 10.3. The Morgan fingerprint density at radius 1 is 0.486 bits per heavy atom. The van der Waals surface area contributed by atoms with Gasteiger partial charge in [0.05, 0.1) is 19.8 Å². The lowest BCUT2D eigenvalue weighted by Gasteiger charge is -2.28. The molecule has 0 aromatic carbocycles. The molecule has 0 aliphatic carbocycles. The summed E-state index contributed by atoms with van der Waals surface area (Å²) in [4.78, 5) is 0. The van der Waals surface area contributed by atoms with Gasteiger partial charge in [0.2, 0.25) is 0 Å². The van der Waals surface area contributed by atoms with Crippen molar-refractivity contribution in [3.63, 3.8) is 0 Å². The molecular formula is C18H33O18P. The first kappa shape index (κ1) is 31.2. The van der Waals surface area contributed by atoms with Crippen molar-refractivity contribution < 1.29 is 89.1 Å². The molecule has 37 heavy (non-hydrogen) atoms. The molecule has 0 saturated carbocycles. The summed E-state index contributed by atoms with van der Waals surface area (Å²) in [5.74, 6) is 0. The highest BCUT2D eigenvalue weighted by molar-refractivity contribution is 7.41. The van der Waals surface area contributed by atoms with Crippen LogP contribution in [-0.2, 0) is 27.8 Å². The fraction of sp³-hybridized carbons (Fsp3) is 1.00. The molecule has 3 heterocycles. The van der Waals surface area contributed by atoms with Crippen molar-refractivity contribution >= 4 is 8.60 Å². The largest absolute Gasteiger partial charge is 0.394 e. The minimum absolute atomic E-state index is 0.841. The molecule has 0 aromatic heterocycles. The summed E-state index contributed by atoms with van der Waals surface area (Å²) in [7, 11) is -2.98. The van der Waals surface area contributed by atoms with Crippen molar-refractivity contribution in [2.45, 2.75) is 92.1 Å². The second-order valence-corrected chi connectivity index (χ2v) is 9.72. The van der Waals surface area contributed by atoms with Gasteiger partial charge in [-0.1, -0.05) is 0 Å². The molecule has 3 fully saturated rings. The molecule has 0 radical (unpaired) electrons. The summed E-state index contributed by atoms with van der Waals surface area (Å²) < 4.78 is 31.8. The average Bonchev–Trinajstić information content (AvgIpc) is 3.45. The van der Waals surface area contributed by atoms with Crippen molar-refractivity contribution in [2.75, 3.05) is 19.8 Å². The minimum Gasteiger partial charge on any atom is -0.394 e. The molecule has 15 atom stereocenters. The Labute approximate surface area is 210 Å². The summed E-state index contributed by atoms with van der Waals surface area (Å²) in [6.45, 7) is -2.52. The summed E-state index contributed by atoms with van der Waals surface area (Å²) >= 11 is 0. The maximum atomic E-state index is 10.3. The first-order chi connectivity index (χ1) is 17.4. The van der Waals surface area contributed by atoms with Gasteiger partial charge in [-0.05, 0) is 0 Å². The third-order valence-electron chi connectivity index (χ3n) is 6.04. The number of aliphatic hydroxyl groups is 12. The predicted octanol–water partition coefficient (Wildman–Crippen LogP) is -7.34. The predicted molar refractivity (Wildman–Crippen MR) is 111 cm³/mol. The quantitative estimate of drug-likeness (QED) is 0.0973. The second-order valence-electron chi connectivity index (χ2n) is 8.64. The molecule has 0 bridgehead atoms. The average molecular weight is 568 g/mol. The lowest BCUT2D eigenvalue weighted by molar-refractivity contribution is -0.186. The van der Waals surface area contributed by atoms with Gasteiger partial charge in [0.1, 0.15) is 73.2 Å². The molecular weight excluding hydrogens is 535 g/mol. The van der Waals surface area contributed by atoms with Crippen molar-refractivity contribution in [1.82, 2.24) is 0 Å². The van der Waals surface area contributed by atoms with Gasteiger partial charge in [0.15, 0.2) is 18.9 Å². The van der Waals surface area contributed by atoms with E-state index in [4.69, 9.17) is 43.1 Å². The van der Waals surface area contributed by atoms with E-state index in [0.29, 0.717) is 0 Å². The molecule has 0 spiro atoms. The zero-order chi connectivity index (χ0) is 27.6. The van der Waals surface area contributed by atoms with Crippen LogP contribution in [0.3, 0.4) is 0 Å². The topological polar surface area (TPSA) is 298 Å². The van der Waals surface area contributed by atoms with Gasteiger partial charge >= 0.3 is 8.60 Å². The van der Waals surface area contributed by atoms with E-state index >= 15 is 0 Å². The Hall–Kier alpha value is -0.290. The van der Waals surface area contributed by atoms with E-state index < -0.39 is 121 Å². The van der Waals surface area contributed by atoms with Crippen molar-refractivity contribution in [3.8, 4) is 0 Å². The number of ether oxygens (including phenoxy) is 3. The van der Waals surface area contributed by atoms with E-state index in [1.54, 1.807) is 0 Å². The highest BCUT2D eigenvalue weighted by atomic mass is 31.2. The third-order valence-corrected chi connectivity index (χ3v) is 7.18. The molecule has 218 valence electrons. The van der Waals surface area contributed by atoms with Crippen LogP contribution >= 0.6 is 8.60 Å². The molecule has 12 N–H and O–H groups in total. The SMILES string of the molecule is OC[C@@H](O)[C@H]1OC(OP(OC2O[C@H]([C@H](O)CO)[C@H](O)[C@H]2O)OC2O[C@H]([C@H](O)CO)[C@H](O)[C@H]2O)[C@H](O)[C@H]1O. The summed E-state index contributed by atoms with van der Waals surface area (Å²) in [5, 5.41) is 118. The summed E-state index contributed by atoms with van der Waals surface area (Å²) in [6, 6.07) is 0. The zero-order valence-corrected chi connectivity index (χ0v) is 19.9. The van der Waals surface area contributed by atoms with Crippen LogP contribution in [-0.4, -0.2) is 173 Å². The lowest BCUT2D eigenvalue weighted by Crippen LogP contribution is -2.40. The Kier molecular flexibility index (Phi) is 11.3. The second kappa shape index (κ2) is 13.4. The number of hydrogen-bond donors (Lipinski definition) is 12. The maximum Gasteiger partial charge on any atom is 0.340 e. The molecule has 18 nitrogen and oxygen atoms in total. The monoisotopic (exact) mass is 568 g/mol. The van der Waals surface area contributed by atoms with Crippen LogP contribution in [0.2, 0.25) is 0 Å². The standard InChI is InChI=1S/C18H33O18P/c19-1-4(22)13-7(25)10(28)16(31-13)34-37(35-17-11(29)8(26)14(32-17)5(23)2-20)36-18-12(30)9(27)15(33-18)6(24)3-21/h4-30H,1-3H2/t4-,5-,6-,7-,8-,9-,10-,11-,12-,13-,14-,15-,16?,17?,18?,37?/m1/s1. The van der Waals surface area contributed by atoms with Crippen LogP contribution in [0.5, 0.6) is 0 Å². The Morgan fingerprint density at radius 2 is 0.730 bits per heavy atom. The van der Waals surface area contributed by atoms with Crippen LogP contribution in [0.15, 0.2) is 0 Å². The van der Waals surface area contributed by atoms with E-state index in [0.717, 1.165) is 0 Å². The van der Waals surface area contributed by atoms with E-state index in [1.165, 1.54) is 0 Å². The summed E-state index contributed by atoms with van der Waals surface area (Å²) in [5.41, 5.74) is 0. The van der Waals surface area contributed by atoms with Crippen LogP contribution in [0.25, 0.3) is 0 Å². The highest BCUT2D eigenvalue weighted by Crippen LogP contribution is 2.49. The number of hydrogen-bond acceptors (Lipinski definition) is 18.